The summed E-state index contributed by atoms with van der Waals surface area (Å²) in [5.41, 5.74) is 1.33. The summed E-state index contributed by atoms with van der Waals surface area (Å²) < 4.78 is 2.34. The van der Waals surface area contributed by atoms with Crippen LogP contribution in [-0.4, -0.2) is 14.8 Å². The molecule has 1 aliphatic carbocycles. The number of benzene rings is 1. The Balaban J connectivity index is 1.65. The minimum Gasteiger partial charge on any atom is -0.298 e. The summed E-state index contributed by atoms with van der Waals surface area (Å²) in [6.07, 6.45) is 2.48. The molecule has 2 aromatic heterocycles. The van der Waals surface area contributed by atoms with E-state index in [1.165, 1.54) is 23.3 Å². The van der Waals surface area contributed by atoms with Crippen molar-refractivity contribution < 1.29 is 0 Å². The van der Waals surface area contributed by atoms with E-state index in [4.69, 9.17) is 0 Å². The van der Waals surface area contributed by atoms with Crippen LogP contribution in [0.4, 0.5) is 0 Å². The first-order chi connectivity index (χ1) is 10.8. The zero-order chi connectivity index (χ0) is 14.9. The molecule has 1 saturated carbocycles. The zero-order valence-electron chi connectivity index (χ0n) is 12.3. The smallest absolute Gasteiger partial charge is 0.192 e. The second kappa shape index (κ2) is 5.89. The Morgan fingerprint density at radius 1 is 1.14 bits per heavy atom. The van der Waals surface area contributed by atoms with Gasteiger partial charge in [0.05, 0.1) is 4.88 Å². The quantitative estimate of drug-likeness (QED) is 0.604. The number of nitrogens with zero attached hydrogens (tertiary/aromatic N) is 3. The van der Waals surface area contributed by atoms with Crippen molar-refractivity contribution in [3.8, 4) is 10.7 Å². The summed E-state index contributed by atoms with van der Waals surface area (Å²) in [6.45, 7) is 2.23. The van der Waals surface area contributed by atoms with E-state index < -0.39 is 0 Å². The largest absolute Gasteiger partial charge is 0.298 e. The van der Waals surface area contributed by atoms with Gasteiger partial charge in [-0.15, -0.1) is 21.5 Å². The van der Waals surface area contributed by atoms with Crippen LogP contribution in [0.5, 0.6) is 0 Å². The number of thiophene rings is 1. The molecule has 1 aromatic carbocycles. The summed E-state index contributed by atoms with van der Waals surface area (Å²) in [7, 11) is 0. The number of hydrogen-bond donors (Lipinski definition) is 0. The molecule has 0 radical (unpaired) electrons. The highest BCUT2D eigenvalue weighted by Crippen LogP contribution is 2.44. The van der Waals surface area contributed by atoms with Gasteiger partial charge in [0, 0.05) is 11.3 Å². The molecule has 2 heterocycles. The minimum absolute atomic E-state index is 0.374. The first-order valence-corrected chi connectivity index (χ1v) is 9.29. The average molecular weight is 327 g/mol. The molecule has 4 rings (SSSR count). The van der Waals surface area contributed by atoms with Crippen molar-refractivity contribution in [2.75, 3.05) is 0 Å². The molecule has 0 saturated heterocycles. The Morgan fingerprint density at radius 2 is 1.95 bits per heavy atom. The molecule has 1 atom stereocenters. The maximum Gasteiger partial charge on any atom is 0.192 e. The van der Waals surface area contributed by atoms with Crippen LogP contribution in [0.15, 0.2) is 53.0 Å². The summed E-state index contributed by atoms with van der Waals surface area (Å²) in [5.74, 6) is 1.03. The van der Waals surface area contributed by atoms with Crippen LogP contribution < -0.4 is 0 Å². The van der Waals surface area contributed by atoms with Gasteiger partial charge >= 0.3 is 0 Å². The number of aromatic nitrogens is 3. The maximum absolute atomic E-state index is 4.48. The molecule has 3 nitrogen and oxygen atoms in total. The zero-order valence-corrected chi connectivity index (χ0v) is 14.0. The Morgan fingerprint density at radius 3 is 2.64 bits per heavy atom. The van der Waals surface area contributed by atoms with Crippen molar-refractivity contribution in [3.05, 3.63) is 53.4 Å². The average Bonchev–Trinajstić information content (AvgIpc) is 3.08. The normalized spacial score (nSPS) is 15.9. The number of rotatable bonds is 5. The Bertz CT molecular complexity index is 746. The van der Waals surface area contributed by atoms with E-state index in [9.17, 15) is 0 Å². The first-order valence-electron chi connectivity index (χ1n) is 7.53. The summed E-state index contributed by atoms with van der Waals surface area (Å²) >= 11 is 3.54. The highest BCUT2D eigenvalue weighted by atomic mass is 32.2. The van der Waals surface area contributed by atoms with Gasteiger partial charge in [-0.25, -0.2) is 0 Å². The van der Waals surface area contributed by atoms with Gasteiger partial charge in [-0.2, -0.15) is 0 Å². The molecule has 1 unspecified atom stereocenters. The van der Waals surface area contributed by atoms with Crippen LogP contribution in [-0.2, 0) is 0 Å². The van der Waals surface area contributed by atoms with E-state index >= 15 is 0 Å². The SMILES string of the molecule is CC(Sc1nnc(-c2cccs2)n1C1CC1)c1ccccc1. The highest BCUT2D eigenvalue weighted by molar-refractivity contribution is 7.99. The van der Waals surface area contributed by atoms with Crippen LogP contribution in [0, 0.1) is 0 Å². The van der Waals surface area contributed by atoms with E-state index in [0.29, 0.717) is 11.3 Å². The van der Waals surface area contributed by atoms with Crippen molar-refractivity contribution in [2.45, 2.75) is 36.2 Å². The molecule has 0 bridgehead atoms. The molecule has 0 N–H and O–H groups in total. The van der Waals surface area contributed by atoms with Crippen LogP contribution in [0.1, 0.15) is 36.6 Å². The maximum atomic E-state index is 4.48. The second-order valence-electron chi connectivity index (χ2n) is 5.56. The van der Waals surface area contributed by atoms with Gasteiger partial charge in [0.25, 0.3) is 0 Å². The van der Waals surface area contributed by atoms with Crippen LogP contribution in [0.2, 0.25) is 0 Å². The lowest BCUT2D eigenvalue weighted by Gasteiger charge is -2.12. The molecule has 0 aliphatic heterocycles. The second-order valence-corrected chi connectivity index (χ2v) is 7.81. The predicted octanol–water partition coefficient (Wildman–Crippen LogP) is 5.19. The first kappa shape index (κ1) is 14.0. The molecule has 22 heavy (non-hydrogen) atoms. The number of hydrogen-bond acceptors (Lipinski definition) is 4. The fourth-order valence-corrected chi connectivity index (χ4v) is 4.30. The Labute approximate surface area is 138 Å². The van der Waals surface area contributed by atoms with Crippen molar-refractivity contribution in [1.82, 2.24) is 14.8 Å². The molecule has 0 spiro atoms. The van der Waals surface area contributed by atoms with Gasteiger partial charge < -0.3 is 0 Å². The van der Waals surface area contributed by atoms with Crippen LogP contribution >= 0.6 is 23.1 Å². The van der Waals surface area contributed by atoms with E-state index in [-0.39, 0.29) is 0 Å². The van der Waals surface area contributed by atoms with E-state index in [0.717, 1.165) is 11.0 Å². The molecule has 1 aliphatic rings. The molecule has 5 heteroatoms. The van der Waals surface area contributed by atoms with Gasteiger partial charge in [-0.3, -0.25) is 4.57 Å². The van der Waals surface area contributed by atoms with Crippen LogP contribution in [0.3, 0.4) is 0 Å². The lowest BCUT2D eigenvalue weighted by atomic mass is 10.2. The lowest BCUT2D eigenvalue weighted by Crippen LogP contribution is -2.00. The highest BCUT2D eigenvalue weighted by Gasteiger charge is 2.31. The summed E-state index contributed by atoms with van der Waals surface area (Å²) in [5, 5.41) is 12.5. The molecular weight excluding hydrogens is 310 g/mol. The van der Waals surface area contributed by atoms with E-state index in [1.54, 1.807) is 23.1 Å². The third-order valence-electron chi connectivity index (χ3n) is 3.87. The molecule has 0 amide bonds. The molecule has 112 valence electrons. The van der Waals surface area contributed by atoms with Crippen molar-refractivity contribution >= 4 is 23.1 Å². The van der Waals surface area contributed by atoms with Gasteiger partial charge in [0.1, 0.15) is 0 Å². The fraction of sp³-hybridized carbons (Fsp3) is 0.294. The summed E-state index contributed by atoms with van der Waals surface area (Å²) in [6, 6.07) is 15.4. The van der Waals surface area contributed by atoms with Gasteiger partial charge in [-0.05, 0) is 36.8 Å². The van der Waals surface area contributed by atoms with E-state index in [1.807, 2.05) is 0 Å². The molecule has 3 aromatic rings. The molecular formula is C17H17N3S2. The standard InChI is InChI=1S/C17H17N3S2/c1-12(13-6-3-2-4-7-13)22-17-19-18-16(15-8-5-11-21-15)20(17)14-9-10-14/h2-8,11-12,14H,9-10H2,1H3. The third-order valence-corrected chi connectivity index (χ3v) is 5.85. The third kappa shape index (κ3) is 2.71. The van der Waals surface area contributed by atoms with Gasteiger partial charge in [-0.1, -0.05) is 48.2 Å². The lowest BCUT2D eigenvalue weighted by molar-refractivity contribution is 0.668. The minimum atomic E-state index is 0.374. The van der Waals surface area contributed by atoms with Crippen LogP contribution in [0.25, 0.3) is 10.7 Å². The summed E-state index contributed by atoms with van der Waals surface area (Å²) in [4.78, 5) is 1.21. The Kier molecular flexibility index (Phi) is 3.76. The number of thioether (sulfide) groups is 1. The van der Waals surface area contributed by atoms with E-state index in [2.05, 4.69) is 69.5 Å². The van der Waals surface area contributed by atoms with Gasteiger partial charge in [0.2, 0.25) is 0 Å². The van der Waals surface area contributed by atoms with Crippen molar-refractivity contribution in [3.63, 3.8) is 0 Å². The topological polar surface area (TPSA) is 30.7 Å². The van der Waals surface area contributed by atoms with Crippen molar-refractivity contribution in [1.29, 1.82) is 0 Å². The molecule has 1 fully saturated rings. The Hall–Kier alpha value is -1.59. The van der Waals surface area contributed by atoms with Crippen molar-refractivity contribution in [2.24, 2.45) is 0 Å². The fourth-order valence-electron chi connectivity index (χ4n) is 2.54. The van der Waals surface area contributed by atoms with Gasteiger partial charge in [0.15, 0.2) is 11.0 Å². The monoisotopic (exact) mass is 327 g/mol. The predicted molar refractivity (Wildman–Crippen MR) is 92.3 cm³/mol.